The first-order valence-corrected chi connectivity index (χ1v) is 15.0. The van der Waals surface area contributed by atoms with Crippen molar-refractivity contribution in [1.82, 2.24) is 9.80 Å². The van der Waals surface area contributed by atoms with E-state index in [0.29, 0.717) is 24.3 Å². The predicted molar refractivity (Wildman–Crippen MR) is 151 cm³/mol. The fraction of sp³-hybridized carbons (Fsp3) is 0.515. The normalized spacial score (nSPS) is 30.9. The molecule has 7 nitrogen and oxygen atoms in total. The highest BCUT2D eigenvalue weighted by atomic mass is 19.4. The third kappa shape index (κ3) is 4.60. The van der Waals surface area contributed by atoms with Gasteiger partial charge in [0.15, 0.2) is 0 Å². The number of benzene rings is 2. The highest BCUT2D eigenvalue weighted by Crippen LogP contribution is 2.66. The van der Waals surface area contributed by atoms with E-state index in [1.165, 1.54) is 55.7 Å². The summed E-state index contributed by atoms with van der Waals surface area (Å²) >= 11 is 0. The van der Waals surface area contributed by atoms with E-state index in [0.717, 1.165) is 37.2 Å². The lowest BCUT2D eigenvalue weighted by Gasteiger charge is -2.65. The lowest BCUT2D eigenvalue weighted by molar-refractivity contribution is -0.274. The summed E-state index contributed by atoms with van der Waals surface area (Å²) in [5.41, 5.74) is 1.42. The van der Waals surface area contributed by atoms with Crippen LogP contribution in [0.4, 0.5) is 13.2 Å². The number of likely N-dealkylation sites (tertiary alicyclic amines) is 1. The molecule has 5 atom stereocenters. The molecule has 2 aromatic rings. The van der Waals surface area contributed by atoms with Gasteiger partial charge in [-0.1, -0.05) is 24.3 Å². The van der Waals surface area contributed by atoms with E-state index in [4.69, 9.17) is 9.47 Å². The second kappa shape index (κ2) is 10.0. The van der Waals surface area contributed by atoms with Crippen molar-refractivity contribution >= 4 is 18.0 Å². The minimum atomic E-state index is -4.80. The molecular weight excluding hydrogens is 561 g/mol. The topological polar surface area (TPSA) is 68.3 Å². The number of esters is 1. The Morgan fingerprint density at radius 3 is 2.67 bits per heavy atom. The molecule has 5 aliphatic rings. The smallest absolute Gasteiger partial charge is 0.487 e. The van der Waals surface area contributed by atoms with Gasteiger partial charge in [-0.15, -0.1) is 13.2 Å². The van der Waals surface area contributed by atoms with Crippen molar-refractivity contribution in [3.8, 4) is 11.5 Å². The first kappa shape index (κ1) is 28.3. The van der Waals surface area contributed by atoms with Crippen molar-refractivity contribution in [3.63, 3.8) is 0 Å². The molecular formula is C33H35F3N2O5. The summed E-state index contributed by atoms with van der Waals surface area (Å²) in [5, 5.41) is 0. The van der Waals surface area contributed by atoms with Crippen LogP contribution in [0.1, 0.15) is 55.7 Å². The largest absolute Gasteiger partial charge is 0.573 e. The van der Waals surface area contributed by atoms with Gasteiger partial charge in [0.25, 0.3) is 0 Å². The van der Waals surface area contributed by atoms with E-state index >= 15 is 0 Å². The summed E-state index contributed by atoms with van der Waals surface area (Å²) in [6, 6.07) is 11.4. The SMILES string of the molecule is CC(=O)O[C@@]12CC[C@@H](N(C)C(=O)C=Cc3cccc(OC(F)(F)F)c3)[C@@H]3Oc4cccc5c4[C@@]31CCN(CC1CC1)[C@@H]2C5. The number of hydrogen-bond acceptors (Lipinski definition) is 6. The standard InChI is InChI=1S/C33H35F3N2O5/c1-20(39)42-32-14-13-25(37(2)28(40)12-11-21-5-3-7-24(17-21)43-33(34,35)36)30-31(32)15-16-38(19-22-9-10-22)27(32)18-23-6-4-8-26(41-30)29(23)31/h3-8,11-12,17,22,25,27,30H,9-10,13-16,18-19H2,1-2H3/t25-,27-,30+,31+,32-/m1/s1. The van der Waals surface area contributed by atoms with Crippen molar-refractivity contribution in [2.45, 2.75) is 81.0 Å². The fourth-order valence-electron chi connectivity index (χ4n) is 8.52. The van der Waals surface area contributed by atoms with Crippen molar-refractivity contribution in [2.24, 2.45) is 5.92 Å². The monoisotopic (exact) mass is 596 g/mol. The second-order valence-corrected chi connectivity index (χ2v) is 12.7. The Hall–Kier alpha value is -3.53. The van der Waals surface area contributed by atoms with Crippen LogP contribution in [-0.4, -0.2) is 72.0 Å². The number of halogens is 3. The van der Waals surface area contributed by atoms with Crippen LogP contribution in [0.5, 0.6) is 11.5 Å². The molecule has 10 heteroatoms. The number of carbonyl (C=O) groups is 2. The number of hydrogen-bond donors (Lipinski definition) is 0. The Kier molecular flexibility index (Phi) is 6.57. The third-order valence-electron chi connectivity index (χ3n) is 10.3. The van der Waals surface area contributed by atoms with Crippen molar-refractivity contribution in [1.29, 1.82) is 0 Å². The van der Waals surface area contributed by atoms with E-state index in [1.54, 1.807) is 18.0 Å². The maximum absolute atomic E-state index is 13.5. The van der Waals surface area contributed by atoms with Crippen LogP contribution >= 0.6 is 0 Å². The van der Waals surface area contributed by atoms with Gasteiger partial charge in [0, 0.05) is 32.2 Å². The lowest BCUT2D eigenvalue weighted by atomic mass is 9.48. The van der Waals surface area contributed by atoms with E-state index in [2.05, 4.69) is 15.7 Å². The van der Waals surface area contributed by atoms with Crippen LogP contribution < -0.4 is 9.47 Å². The highest BCUT2D eigenvalue weighted by Gasteiger charge is 2.75. The molecule has 1 saturated heterocycles. The number of amides is 1. The third-order valence-corrected chi connectivity index (χ3v) is 10.3. The molecule has 3 fully saturated rings. The summed E-state index contributed by atoms with van der Waals surface area (Å²) < 4.78 is 55.3. The van der Waals surface area contributed by atoms with Gasteiger partial charge >= 0.3 is 12.3 Å². The van der Waals surface area contributed by atoms with E-state index in [9.17, 15) is 22.8 Å². The summed E-state index contributed by atoms with van der Waals surface area (Å²) in [5.74, 6) is 0.558. The number of ether oxygens (including phenoxy) is 3. The van der Waals surface area contributed by atoms with Crippen LogP contribution in [0.15, 0.2) is 48.5 Å². The van der Waals surface area contributed by atoms with Crippen LogP contribution in [0.25, 0.3) is 6.08 Å². The molecule has 0 unspecified atom stereocenters. The number of rotatable bonds is 7. The summed E-state index contributed by atoms with van der Waals surface area (Å²) in [7, 11) is 1.74. The molecule has 2 heterocycles. The number of carbonyl (C=O) groups excluding carboxylic acids is 2. The van der Waals surface area contributed by atoms with Crippen molar-refractivity contribution in [3.05, 3.63) is 65.2 Å². The Bertz CT molecular complexity index is 1490. The van der Waals surface area contributed by atoms with Crippen LogP contribution in [-0.2, 0) is 26.2 Å². The zero-order chi connectivity index (χ0) is 30.1. The number of piperidine rings is 1. The molecule has 0 radical (unpaired) electrons. The highest BCUT2D eigenvalue weighted by molar-refractivity contribution is 5.92. The van der Waals surface area contributed by atoms with Crippen LogP contribution in [0.2, 0.25) is 0 Å². The molecule has 3 aliphatic carbocycles. The summed E-state index contributed by atoms with van der Waals surface area (Å²) in [6.07, 6.45) is 2.87. The average molecular weight is 597 g/mol. The number of nitrogens with zero attached hydrogens (tertiary/aromatic N) is 2. The first-order valence-electron chi connectivity index (χ1n) is 15.0. The van der Waals surface area contributed by atoms with Gasteiger partial charge in [-0.2, -0.15) is 0 Å². The summed E-state index contributed by atoms with van der Waals surface area (Å²) in [4.78, 5) is 30.5. The van der Waals surface area contributed by atoms with Gasteiger partial charge in [0.2, 0.25) is 5.91 Å². The van der Waals surface area contributed by atoms with Gasteiger partial charge in [-0.3, -0.25) is 14.5 Å². The minimum absolute atomic E-state index is 0.0331. The number of likely N-dealkylation sites (N-methyl/N-ethyl adjacent to an activating group) is 1. The summed E-state index contributed by atoms with van der Waals surface area (Å²) in [6.45, 7) is 3.37. The lowest BCUT2D eigenvalue weighted by Crippen LogP contribution is -2.79. The van der Waals surface area contributed by atoms with Gasteiger partial charge < -0.3 is 19.1 Å². The molecule has 0 N–H and O–H groups in total. The van der Waals surface area contributed by atoms with E-state index in [1.807, 2.05) is 12.1 Å². The molecule has 2 aromatic carbocycles. The minimum Gasteiger partial charge on any atom is -0.487 e. The van der Waals surface area contributed by atoms with Gasteiger partial charge in [0.1, 0.15) is 23.2 Å². The molecule has 2 aliphatic heterocycles. The zero-order valence-corrected chi connectivity index (χ0v) is 24.2. The average Bonchev–Trinajstić information content (AvgIpc) is 3.69. The molecule has 43 heavy (non-hydrogen) atoms. The Morgan fingerprint density at radius 1 is 1.14 bits per heavy atom. The molecule has 2 saturated carbocycles. The van der Waals surface area contributed by atoms with Crippen molar-refractivity contribution < 1.29 is 37.0 Å². The molecule has 1 amide bonds. The van der Waals surface area contributed by atoms with Gasteiger partial charge in [-0.05, 0) is 86.4 Å². The number of alkyl halides is 3. The van der Waals surface area contributed by atoms with E-state index in [-0.39, 0.29) is 29.7 Å². The maximum atomic E-state index is 13.5. The Morgan fingerprint density at radius 2 is 1.93 bits per heavy atom. The Balaban J connectivity index is 1.21. The zero-order valence-electron chi connectivity index (χ0n) is 24.2. The second-order valence-electron chi connectivity index (χ2n) is 12.7. The molecule has 1 spiro atoms. The fourth-order valence-corrected chi connectivity index (χ4v) is 8.52. The molecule has 2 bridgehead atoms. The Labute approximate surface area is 248 Å². The first-order chi connectivity index (χ1) is 20.5. The molecule has 0 aromatic heterocycles. The predicted octanol–water partition coefficient (Wildman–Crippen LogP) is 5.26. The van der Waals surface area contributed by atoms with Crippen LogP contribution in [0, 0.1) is 5.92 Å². The van der Waals surface area contributed by atoms with Gasteiger partial charge in [0.05, 0.1) is 17.5 Å². The van der Waals surface area contributed by atoms with Gasteiger partial charge in [-0.25, -0.2) is 0 Å². The quantitative estimate of drug-likeness (QED) is 0.321. The van der Waals surface area contributed by atoms with E-state index < -0.39 is 23.5 Å². The van der Waals surface area contributed by atoms with Crippen molar-refractivity contribution in [2.75, 3.05) is 20.1 Å². The van der Waals surface area contributed by atoms with Crippen LogP contribution in [0.3, 0.4) is 0 Å². The maximum Gasteiger partial charge on any atom is 0.573 e. The molecule has 228 valence electrons. The molecule has 7 rings (SSSR count).